The van der Waals surface area contributed by atoms with Gasteiger partial charge in [-0.05, 0) is 137 Å². The van der Waals surface area contributed by atoms with E-state index in [0.717, 1.165) is 52.8 Å². The molecule has 1 aliphatic heterocycles. The van der Waals surface area contributed by atoms with Gasteiger partial charge in [0.25, 0.3) is 22.8 Å². The number of hydrogen-bond acceptors (Lipinski definition) is 27. The summed E-state index contributed by atoms with van der Waals surface area (Å²) in [5, 5.41) is 46.5. The van der Waals surface area contributed by atoms with Gasteiger partial charge in [0.05, 0.1) is 58.2 Å². The number of nitrogen functional groups attached to an aromatic ring is 1. The minimum Gasteiger partial charge on any atom is -0.501 e. The number of carbonyl (C=O) groups excluding carboxylic acids is 7. The number of anilines is 2. The first-order valence-corrected chi connectivity index (χ1v) is 30.8. The molecular weight excluding hydrogens is 1600 g/mol. The third-order valence-electron chi connectivity index (χ3n) is 11.7. The van der Waals surface area contributed by atoms with Crippen molar-refractivity contribution in [2.45, 2.75) is 61.1 Å². The van der Waals surface area contributed by atoms with E-state index in [1.54, 1.807) is 39.1 Å². The van der Waals surface area contributed by atoms with Crippen molar-refractivity contribution < 1.29 is 81.7 Å². The van der Waals surface area contributed by atoms with Crippen molar-refractivity contribution in [2.24, 2.45) is 19.1 Å². The maximum Gasteiger partial charge on any atom is 0.384 e. The normalized spacial score (nSPS) is 11.5. The average molecular weight is 1680 g/mol. The Morgan fingerprint density at radius 2 is 1.11 bits per heavy atom. The Morgan fingerprint density at radius 3 is 1.48 bits per heavy atom. The van der Waals surface area contributed by atoms with Crippen LogP contribution in [0.2, 0.25) is 0 Å². The summed E-state index contributed by atoms with van der Waals surface area (Å²) in [5.74, 6) is 0.581. The van der Waals surface area contributed by atoms with Gasteiger partial charge in [-0.2, -0.15) is 14.9 Å². The number of hydrogen-bond donors (Lipinski definition) is 5. The molecule has 1 atom stereocenters. The Balaban J connectivity index is 0. The lowest BCUT2D eigenvalue weighted by Crippen LogP contribution is -2.42. The number of nitrogens with zero attached hydrogens (tertiary/aromatic N) is 9. The molecule has 0 fully saturated rings. The number of aliphatic hydroxyl groups excluding tert-OH is 1. The molecule has 8 aromatic rings. The maximum absolute atomic E-state index is 12.4. The number of aliphatic imine (C=N–C) groups is 1. The quantitative estimate of drug-likeness (QED) is 0.0295. The fraction of sp³-hybridized carbons (Fsp3) is 0.262. The van der Waals surface area contributed by atoms with E-state index in [-0.39, 0.29) is 70.5 Å². The van der Waals surface area contributed by atoms with E-state index in [1.807, 2.05) is 82.3 Å². The minimum absolute atomic E-state index is 0. The van der Waals surface area contributed by atoms with Crippen molar-refractivity contribution in [3.05, 3.63) is 181 Å². The number of hydroxylamine groups is 2. The fourth-order valence-electron chi connectivity index (χ4n) is 7.75. The van der Waals surface area contributed by atoms with Crippen LogP contribution in [0.5, 0.6) is 11.5 Å². The lowest BCUT2D eigenvalue weighted by molar-refractivity contribution is -0.205. The van der Waals surface area contributed by atoms with Crippen LogP contribution in [0, 0.1) is 50.9 Å². The number of amidine groups is 1. The van der Waals surface area contributed by atoms with Crippen molar-refractivity contribution in [2.75, 3.05) is 53.1 Å². The highest BCUT2D eigenvalue weighted by Gasteiger charge is 2.50. The predicted octanol–water partition coefficient (Wildman–Crippen LogP) is 9.45. The molecule has 1 aliphatic rings. The fourth-order valence-corrected chi connectivity index (χ4v) is 10.2. The van der Waals surface area contributed by atoms with Crippen LogP contribution in [0.1, 0.15) is 82.1 Å². The molecule has 5 heterocycles. The van der Waals surface area contributed by atoms with Gasteiger partial charge >= 0.3 is 30.0 Å². The maximum atomic E-state index is 12.4. The SMILES string of the molecule is C.CC#CC(=O)OC.CCO.COC(=O)CC1(C(=O)OC)N=C(c2cc(C)cc(Br)c2)N(C)O1.COC(=O)c1nc(-c2cc(C)cc(Br)c2)n(C)c(=O)c1O.Cc1cc(Br)cc(-c2nc(C(=O)Nc3cnoc3)c(O)c(=O)n2C)c1.Cc1cc(Br)cc(C#N)c1.Cl.Nc1cnoc1.O=C=O.[B]. The number of rotatable bonds is 9. The van der Waals surface area contributed by atoms with E-state index < -0.39 is 63.8 Å². The highest BCUT2D eigenvalue weighted by atomic mass is 79.9. The molecule has 4 aromatic heterocycles. The summed E-state index contributed by atoms with van der Waals surface area (Å²) >= 11 is 13.5. The van der Waals surface area contributed by atoms with Crippen LogP contribution < -0.4 is 22.2 Å². The third-order valence-corrected chi connectivity index (χ3v) is 13.6. The predicted molar refractivity (Wildman–Crippen MR) is 387 cm³/mol. The Labute approximate surface area is 621 Å². The van der Waals surface area contributed by atoms with E-state index in [4.69, 9.17) is 35.3 Å². The van der Waals surface area contributed by atoms with E-state index in [2.05, 4.69) is 135 Å². The smallest absolute Gasteiger partial charge is 0.384 e. The van der Waals surface area contributed by atoms with Gasteiger partial charge in [-0.25, -0.2) is 39.2 Å². The van der Waals surface area contributed by atoms with Crippen LogP contribution in [0.4, 0.5) is 11.4 Å². The second-order valence-electron chi connectivity index (χ2n) is 19.3. The number of esters is 4. The van der Waals surface area contributed by atoms with Crippen molar-refractivity contribution >= 4 is 138 Å². The van der Waals surface area contributed by atoms with Gasteiger partial charge in [0.2, 0.25) is 11.5 Å². The van der Waals surface area contributed by atoms with Crippen molar-refractivity contribution in [1.82, 2.24) is 34.5 Å². The molecule has 3 radical (unpaired) electrons. The zero-order chi connectivity index (χ0) is 74.1. The summed E-state index contributed by atoms with van der Waals surface area (Å²) in [5.41, 5.74) is 8.73. The number of aromatic hydroxyl groups is 2. The summed E-state index contributed by atoms with van der Waals surface area (Å²) in [6, 6.07) is 24.4. The molecule has 30 nitrogen and oxygen atoms in total. The number of aryl methyl sites for hydroxylation is 4. The van der Waals surface area contributed by atoms with Gasteiger partial charge in [-0.1, -0.05) is 87.4 Å². The zero-order valence-corrected chi connectivity index (χ0v) is 62.8. The minimum atomic E-state index is -1.78. The monoisotopic (exact) mass is 1670 g/mol. The van der Waals surface area contributed by atoms with Crippen molar-refractivity contribution in [3.8, 4) is 52.2 Å². The van der Waals surface area contributed by atoms with Crippen LogP contribution in [-0.2, 0) is 61.9 Å². The van der Waals surface area contributed by atoms with Crippen molar-refractivity contribution in [1.29, 1.82) is 5.26 Å². The molecule has 101 heavy (non-hydrogen) atoms. The largest absolute Gasteiger partial charge is 0.501 e. The Bertz CT molecular complexity index is 4320. The van der Waals surface area contributed by atoms with Crippen LogP contribution in [0.15, 0.2) is 139 Å². The summed E-state index contributed by atoms with van der Waals surface area (Å²) in [6.07, 6.45) is 5.19. The summed E-state index contributed by atoms with van der Waals surface area (Å²) < 4.78 is 32.9. The topological polar surface area (TPSA) is 426 Å². The first kappa shape index (κ1) is 93.0. The molecule has 0 spiro atoms. The number of halogens is 5. The van der Waals surface area contributed by atoms with Crippen LogP contribution in [-0.4, -0.2) is 148 Å². The van der Waals surface area contributed by atoms with E-state index >= 15 is 0 Å². The van der Waals surface area contributed by atoms with Gasteiger partial charge in [0, 0.05) is 76.7 Å². The standard InChI is InChI=1S/C16H13BrN4O4.C15H17BrN2O5.C14H13BrN2O4.C8H6BrN.C5H6O2.C3H4N2O.C2H6O.CO2.CH4.B.ClH/c1-8-3-9(5-10(17)4-8)14-20-12(13(22)16(24)21(14)2)15(23)19-11-6-18-25-7-11;1-9-5-10(7-11(16)6-9)13-17-15(14(20)22-4,23-18(13)2)8-12(19)21-3;1-7-4-8(6-9(15)5-7)12-16-10(14(20)21-3)11(18)13(19)17(12)2;1-6-2-7(5-10)4-8(9)3-6;1-3-4-5(6)7-2;4-3-1-5-6-2-3;1-2-3;2-1-3;;;/h3-7,22H,1-2H3,(H,19,23);5-7H,8H2,1-4H3;4-6,18H,1-3H3;2-4H,1H3;1-2H3;1-2H,4H2;3H,2H2,1H3;;1H4;;1H. The first-order chi connectivity index (χ1) is 46.3. The van der Waals surface area contributed by atoms with Gasteiger partial charge in [0.15, 0.2) is 17.2 Å². The number of aliphatic hydroxyl groups is 1. The van der Waals surface area contributed by atoms with E-state index in [9.17, 15) is 43.8 Å². The number of amides is 1. The average Bonchev–Trinajstić information content (AvgIpc) is 1.77. The zero-order valence-electron chi connectivity index (χ0n) is 55.6. The molecule has 9 rings (SSSR count). The molecule has 0 bridgehead atoms. The number of nitriles is 1. The van der Waals surface area contributed by atoms with E-state index in [1.165, 1.54) is 74.5 Å². The molecular formula is C65H70BBr4ClN11O19. The number of carbonyl (C=O) groups is 5. The highest BCUT2D eigenvalue weighted by molar-refractivity contribution is 9.11. The Hall–Kier alpha value is -10.1. The van der Waals surface area contributed by atoms with Gasteiger partial charge in [-0.15, -0.1) is 12.4 Å². The molecule has 0 saturated carbocycles. The molecule has 1 amide bonds. The van der Waals surface area contributed by atoms with E-state index in [0.29, 0.717) is 28.2 Å². The number of benzene rings is 4. The number of ether oxygens (including phenoxy) is 4. The number of nitrogens with two attached hydrogens (primary N) is 1. The lowest BCUT2D eigenvalue weighted by Gasteiger charge is -2.22. The Kier molecular flexibility index (Phi) is 42.6. The first-order valence-electron chi connectivity index (χ1n) is 27.6. The van der Waals surface area contributed by atoms with Crippen LogP contribution >= 0.6 is 76.1 Å². The van der Waals surface area contributed by atoms with Gasteiger partial charge in [0.1, 0.15) is 36.3 Å². The molecule has 537 valence electrons. The molecule has 0 aliphatic carbocycles. The molecule has 36 heteroatoms. The van der Waals surface area contributed by atoms with Gasteiger partial charge in [-0.3, -0.25) is 28.3 Å². The second-order valence-corrected chi connectivity index (χ2v) is 23.0. The molecule has 1 unspecified atom stereocenters. The molecule has 4 aromatic carbocycles. The second kappa shape index (κ2) is 46.3. The van der Waals surface area contributed by atoms with Crippen LogP contribution in [0.25, 0.3) is 22.8 Å². The summed E-state index contributed by atoms with van der Waals surface area (Å²) in [7, 11) is 9.45. The van der Waals surface area contributed by atoms with Crippen molar-refractivity contribution in [3.63, 3.8) is 0 Å². The number of nitrogens with one attached hydrogen (secondary N) is 1. The highest BCUT2D eigenvalue weighted by Crippen LogP contribution is 2.32. The number of methoxy groups -OCH3 is 4. The summed E-state index contributed by atoms with van der Waals surface area (Å²) in [6.45, 7) is 11.2. The lowest BCUT2D eigenvalue weighted by atomic mass is 10.1. The van der Waals surface area contributed by atoms with Crippen LogP contribution in [0.3, 0.4) is 0 Å². The number of aromatic nitrogens is 6. The molecule has 6 N–H and O–H groups in total. The summed E-state index contributed by atoms with van der Waals surface area (Å²) in [4.78, 5) is 117. The third kappa shape index (κ3) is 29.3. The Morgan fingerprint density at radius 1 is 0.673 bits per heavy atom. The van der Waals surface area contributed by atoms with Gasteiger partial charge < -0.3 is 54.4 Å². The molecule has 0 saturated heterocycles.